The summed E-state index contributed by atoms with van der Waals surface area (Å²) in [5.74, 6) is 1.16. The van der Waals surface area contributed by atoms with E-state index in [-0.39, 0.29) is 0 Å². The summed E-state index contributed by atoms with van der Waals surface area (Å²) in [5, 5.41) is 18.7. The van der Waals surface area contributed by atoms with E-state index >= 15 is 0 Å². The third kappa shape index (κ3) is 3.85. The highest BCUT2D eigenvalue weighted by atomic mass is 16.5. The zero-order chi connectivity index (χ0) is 14.4. The summed E-state index contributed by atoms with van der Waals surface area (Å²) in [6.45, 7) is 3.32. The Hall–Kier alpha value is -1.77. The van der Waals surface area contributed by atoms with Gasteiger partial charge in [-0.15, -0.1) is 0 Å². The molecule has 0 aliphatic carbocycles. The third-order valence-corrected chi connectivity index (χ3v) is 2.87. The Bertz CT molecular complexity index is 453. The van der Waals surface area contributed by atoms with E-state index < -0.39 is 18.3 Å². The number of hydrogen-bond donors (Lipinski definition) is 1. The second-order valence-electron chi connectivity index (χ2n) is 4.20. The Balaban J connectivity index is 3.06. The lowest BCUT2D eigenvalue weighted by Crippen LogP contribution is -2.24. The summed E-state index contributed by atoms with van der Waals surface area (Å²) >= 11 is 0. The van der Waals surface area contributed by atoms with E-state index in [1.165, 1.54) is 7.11 Å². The van der Waals surface area contributed by atoms with Crippen molar-refractivity contribution in [2.45, 2.75) is 32.2 Å². The van der Waals surface area contributed by atoms with Crippen molar-refractivity contribution in [3.05, 3.63) is 23.8 Å². The maximum absolute atomic E-state index is 9.45. The van der Waals surface area contributed by atoms with Crippen molar-refractivity contribution in [2.24, 2.45) is 0 Å². The van der Waals surface area contributed by atoms with Crippen molar-refractivity contribution in [1.29, 1.82) is 5.26 Å². The lowest BCUT2D eigenvalue weighted by Gasteiger charge is -2.21. The van der Waals surface area contributed by atoms with Crippen molar-refractivity contribution in [3.63, 3.8) is 0 Å². The summed E-state index contributed by atoms with van der Waals surface area (Å²) in [6.07, 6.45) is -1.94. The molecule has 0 amide bonds. The van der Waals surface area contributed by atoms with Crippen molar-refractivity contribution in [3.8, 4) is 17.6 Å². The van der Waals surface area contributed by atoms with E-state index in [2.05, 4.69) is 6.07 Å². The topological polar surface area (TPSA) is 71.7 Å². The van der Waals surface area contributed by atoms with Gasteiger partial charge >= 0.3 is 0 Å². The van der Waals surface area contributed by atoms with Crippen molar-refractivity contribution in [2.75, 3.05) is 14.2 Å². The number of nitrogens with zero attached hydrogens (tertiary/aromatic N) is 1. The maximum Gasteiger partial charge on any atom is 0.173 e. The lowest BCUT2D eigenvalue weighted by molar-refractivity contribution is -0.0432. The fraction of sp³-hybridized carbons (Fsp3) is 0.500. The van der Waals surface area contributed by atoms with E-state index in [1.807, 2.05) is 0 Å². The van der Waals surface area contributed by atoms with Gasteiger partial charge in [-0.05, 0) is 32.0 Å². The van der Waals surface area contributed by atoms with Crippen molar-refractivity contribution < 1.29 is 19.3 Å². The van der Waals surface area contributed by atoms with Crippen LogP contribution in [0.1, 0.15) is 25.5 Å². The molecule has 1 aromatic rings. The number of hydrogen-bond acceptors (Lipinski definition) is 5. The molecule has 104 valence electrons. The first-order chi connectivity index (χ1) is 9.03. The van der Waals surface area contributed by atoms with E-state index in [1.54, 1.807) is 39.2 Å². The van der Waals surface area contributed by atoms with Crippen LogP contribution in [-0.2, 0) is 4.74 Å². The molecule has 0 radical (unpaired) electrons. The quantitative estimate of drug-likeness (QED) is 0.852. The second kappa shape index (κ2) is 6.98. The van der Waals surface area contributed by atoms with Crippen LogP contribution < -0.4 is 9.47 Å². The standard InChI is InChI=1S/C14H19NO4/c1-9(16)10(2)19-14(8-15)12-7-11(17-3)5-6-13(12)18-4/h5-7,9-10,14,16H,1-4H3. The molecular formula is C14H19NO4. The van der Waals surface area contributed by atoms with Crippen LogP contribution >= 0.6 is 0 Å². The van der Waals surface area contributed by atoms with Crippen molar-refractivity contribution >= 4 is 0 Å². The monoisotopic (exact) mass is 265 g/mol. The van der Waals surface area contributed by atoms with Crippen molar-refractivity contribution in [1.82, 2.24) is 0 Å². The van der Waals surface area contributed by atoms with Crippen LogP contribution in [0.2, 0.25) is 0 Å². The largest absolute Gasteiger partial charge is 0.497 e. The smallest absolute Gasteiger partial charge is 0.173 e. The summed E-state index contributed by atoms with van der Waals surface area (Å²) < 4.78 is 15.9. The molecule has 3 unspecified atom stereocenters. The SMILES string of the molecule is COc1ccc(OC)c(C(C#N)OC(C)C(C)O)c1. The molecule has 5 nitrogen and oxygen atoms in total. The van der Waals surface area contributed by atoms with Crippen LogP contribution in [0.25, 0.3) is 0 Å². The van der Waals surface area contributed by atoms with E-state index in [9.17, 15) is 10.4 Å². The first kappa shape index (κ1) is 15.3. The molecule has 0 spiro atoms. The Kier molecular flexibility index (Phi) is 5.61. The molecule has 0 aliphatic heterocycles. The van der Waals surface area contributed by atoms with Crippen LogP contribution in [0.5, 0.6) is 11.5 Å². The zero-order valence-corrected chi connectivity index (χ0v) is 11.6. The zero-order valence-electron chi connectivity index (χ0n) is 11.6. The van der Waals surface area contributed by atoms with E-state index in [0.29, 0.717) is 17.1 Å². The van der Waals surface area contributed by atoms with Gasteiger partial charge in [0.2, 0.25) is 0 Å². The molecule has 0 saturated carbocycles. The second-order valence-corrected chi connectivity index (χ2v) is 4.20. The summed E-state index contributed by atoms with van der Waals surface area (Å²) in [4.78, 5) is 0. The fourth-order valence-corrected chi connectivity index (χ4v) is 1.55. The molecule has 19 heavy (non-hydrogen) atoms. The molecule has 1 aromatic carbocycles. The first-order valence-corrected chi connectivity index (χ1v) is 5.98. The number of rotatable bonds is 6. The molecule has 0 aliphatic rings. The van der Waals surface area contributed by atoms with Gasteiger partial charge in [0.05, 0.1) is 32.5 Å². The van der Waals surface area contributed by atoms with Gasteiger partial charge in [0.1, 0.15) is 11.5 Å². The Morgan fingerprint density at radius 2 is 1.89 bits per heavy atom. The summed E-state index contributed by atoms with van der Waals surface area (Å²) in [5.41, 5.74) is 0.580. The van der Waals surface area contributed by atoms with Crippen LogP contribution in [0.4, 0.5) is 0 Å². The van der Waals surface area contributed by atoms with Gasteiger partial charge in [-0.1, -0.05) is 0 Å². The number of benzene rings is 1. The average Bonchev–Trinajstić information content (AvgIpc) is 2.43. The van der Waals surface area contributed by atoms with E-state index in [4.69, 9.17) is 14.2 Å². The minimum atomic E-state index is -0.824. The molecular weight excluding hydrogens is 246 g/mol. The molecule has 0 bridgehead atoms. The number of nitriles is 1. The maximum atomic E-state index is 9.45. The first-order valence-electron chi connectivity index (χ1n) is 5.98. The lowest BCUT2D eigenvalue weighted by atomic mass is 10.1. The van der Waals surface area contributed by atoms with E-state index in [0.717, 1.165) is 0 Å². The minimum absolute atomic E-state index is 0.458. The third-order valence-electron chi connectivity index (χ3n) is 2.87. The molecule has 1 N–H and O–H groups in total. The highest BCUT2D eigenvalue weighted by molar-refractivity contribution is 5.43. The van der Waals surface area contributed by atoms with Gasteiger partial charge in [0, 0.05) is 5.56 Å². The highest BCUT2D eigenvalue weighted by Crippen LogP contribution is 2.32. The number of methoxy groups -OCH3 is 2. The van der Waals surface area contributed by atoms with Gasteiger partial charge in [0.25, 0.3) is 0 Å². The van der Waals surface area contributed by atoms with Crippen LogP contribution in [0.15, 0.2) is 18.2 Å². The number of ether oxygens (including phenoxy) is 3. The normalized spacial score (nSPS) is 15.2. The fourth-order valence-electron chi connectivity index (χ4n) is 1.55. The molecule has 1 rings (SSSR count). The molecule has 5 heteroatoms. The predicted molar refractivity (Wildman–Crippen MR) is 70.1 cm³/mol. The van der Waals surface area contributed by atoms with Crippen LogP contribution in [-0.4, -0.2) is 31.5 Å². The highest BCUT2D eigenvalue weighted by Gasteiger charge is 2.22. The Morgan fingerprint density at radius 1 is 1.21 bits per heavy atom. The number of aliphatic hydroxyl groups excluding tert-OH is 1. The van der Waals surface area contributed by atoms with Crippen LogP contribution in [0.3, 0.4) is 0 Å². The van der Waals surface area contributed by atoms with Gasteiger partial charge < -0.3 is 19.3 Å². The molecule has 3 atom stereocenters. The van der Waals surface area contributed by atoms with Gasteiger partial charge in [0.15, 0.2) is 6.10 Å². The average molecular weight is 265 g/mol. The summed E-state index contributed by atoms with van der Waals surface area (Å²) in [6, 6.07) is 7.22. The minimum Gasteiger partial charge on any atom is -0.497 e. The molecule has 0 aromatic heterocycles. The van der Waals surface area contributed by atoms with Crippen LogP contribution in [0, 0.1) is 11.3 Å². The molecule has 0 heterocycles. The van der Waals surface area contributed by atoms with Gasteiger partial charge in [-0.3, -0.25) is 0 Å². The summed E-state index contributed by atoms with van der Waals surface area (Å²) in [7, 11) is 3.07. The number of aliphatic hydroxyl groups is 1. The van der Waals surface area contributed by atoms with Gasteiger partial charge in [-0.25, -0.2) is 0 Å². The molecule has 0 saturated heterocycles. The Labute approximate surface area is 113 Å². The Morgan fingerprint density at radius 3 is 2.37 bits per heavy atom. The van der Waals surface area contributed by atoms with Gasteiger partial charge in [-0.2, -0.15) is 5.26 Å². The molecule has 0 fully saturated rings. The predicted octanol–water partition coefficient (Wildman–Crippen LogP) is 2.05.